The fourth-order valence-electron chi connectivity index (χ4n) is 3.25. The third-order valence-corrected chi connectivity index (χ3v) is 5.39. The van der Waals surface area contributed by atoms with Crippen molar-refractivity contribution in [2.45, 2.75) is 6.61 Å². The number of urea groups is 1. The number of barbiturate groups is 1. The van der Waals surface area contributed by atoms with E-state index in [2.05, 4.69) is 5.32 Å². The van der Waals surface area contributed by atoms with Crippen molar-refractivity contribution in [2.24, 2.45) is 0 Å². The number of hydrogen-bond acceptors (Lipinski definition) is 5. The predicted octanol–water partition coefficient (Wildman–Crippen LogP) is 4.28. The molecule has 34 heavy (non-hydrogen) atoms. The Morgan fingerprint density at radius 1 is 0.971 bits per heavy atom. The Balaban J connectivity index is 1.53. The lowest BCUT2D eigenvalue weighted by molar-refractivity contribution is -0.122. The summed E-state index contributed by atoms with van der Waals surface area (Å²) in [6, 6.07) is 18.3. The van der Waals surface area contributed by atoms with Crippen molar-refractivity contribution in [2.75, 3.05) is 4.90 Å². The number of ether oxygens (including phenoxy) is 1. The largest absolute Gasteiger partial charge is 0.489 e. The number of anilines is 1. The summed E-state index contributed by atoms with van der Waals surface area (Å²) in [7, 11) is 0. The van der Waals surface area contributed by atoms with E-state index in [1.165, 1.54) is 42.5 Å². The van der Waals surface area contributed by atoms with Gasteiger partial charge in [-0.05, 0) is 54.1 Å². The summed E-state index contributed by atoms with van der Waals surface area (Å²) in [5.74, 6) is -2.24. The molecule has 0 aromatic heterocycles. The van der Waals surface area contributed by atoms with E-state index in [1.807, 2.05) is 18.2 Å². The summed E-state index contributed by atoms with van der Waals surface area (Å²) >= 11 is 6.13. The molecule has 0 spiro atoms. The molecule has 1 heterocycles. The highest BCUT2D eigenvalue weighted by Gasteiger charge is 2.36. The number of carboxylic acids is 1. The second kappa shape index (κ2) is 9.60. The zero-order chi connectivity index (χ0) is 24.2. The minimum Gasteiger partial charge on any atom is -0.489 e. The third-order valence-electron chi connectivity index (χ3n) is 5.02. The monoisotopic (exact) mass is 476 g/mol. The molecule has 0 unspecified atom stereocenters. The molecule has 0 bridgehead atoms. The number of imide groups is 2. The van der Waals surface area contributed by atoms with Crippen molar-refractivity contribution in [3.05, 3.63) is 100 Å². The lowest BCUT2D eigenvalue weighted by Gasteiger charge is -2.26. The van der Waals surface area contributed by atoms with E-state index >= 15 is 0 Å². The molecule has 1 fully saturated rings. The number of carbonyl (C=O) groups excluding carboxylic acids is 3. The van der Waals surface area contributed by atoms with Gasteiger partial charge in [0.05, 0.1) is 11.3 Å². The Morgan fingerprint density at radius 2 is 1.65 bits per heavy atom. The van der Waals surface area contributed by atoms with Gasteiger partial charge < -0.3 is 9.84 Å². The maximum absolute atomic E-state index is 13.0. The zero-order valence-electron chi connectivity index (χ0n) is 17.5. The summed E-state index contributed by atoms with van der Waals surface area (Å²) in [4.78, 5) is 49.5. The van der Waals surface area contributed by atoms with E-state index in [4.69, 9.17) is 21.4 Å². The molecule has 2 N–H and O–H groups in total. The van der Waals surface area contributed by atoms with Gasteiger partial charge in [-0.3, -0.25) is 14.9 Å². The van der Waals surface area contributed by atoms with Gasteiger partial charge in [0.2, 0.25) is 0 Å². The van der Waals surface area contributed by atoms with Crippen LogP contribution in [0.4, 0.5) is 10.5 Å². The fraction of sp³-hybridized carbons (Fsp3) is 0.0400. The van der Waals surface area contributed by atoms with E-state index in [9.17, 15) is 19.2 Å². The summed E-state index contributed by atoms with van der Waals surface area (Å²) in [6.07, 6.45) is 1.30. The summed E-state index contributed by atoms with van der Waals surface area (Å²) < 4.78 is 5.72. The highest BCUT2D eigenvalue weighted by atomic mass is 35.5. The standard InChI is InChI=1S/C25H17ClN2O6/c26-21-4-2-1-3-17(21)14-34-19-11-9-18(10-12-19)28-23(30)20(22(29)27-25(28)33)13-15-5-7-16(8-6-15)24(31)32/h1-13H,14H2,(H,31,32)(H,27,29,33). The minimum atomic E-state index is -1.10. The van der Waals surface area contributed by atoms with Gasteiger partial charge in [-0.2, -0.15) is 0 Å². The van der Waals surface area contributed by atoms with Crippen LogP contribution >= 0.6 is 11.6 Å². The van der Waals surface area contributed by atoms with E-state index in [0.29, 0.717) is 16.3 Å². The Kier molecular flexibility index (Phi) is 6.42. The molecular formula is C25H17ClN2O6. The summed E-state index contributed by atoms with van der Waals surface area (Å²) in [6.45, 7) is 0.240. The molecule has 0 radical (unpaired) electrons. The molecule has 0 atom stereocenters. The van der Waals surface area contributed by atoms with Crippen molar-refractivity contribution < 1.29 is 29.0 Å². The van der Waals surface area contributed by atoms with Crippen LogP contribution in [0.5, 0.6) is 5.75 Å². The first kappa shape index (κ1) is 22.8. The van der Waals surface area contributed by atoms with Gasteiger partial charge in [-0.25, -0.2) is 14.5 Å². The van der Waals surface area contributed by atoms with Gasteiger partial charge >= 0.3 is 12.0 Å². The van der Waals surface area contributed by atoms with Crippen LogP contribution in [0, 0.1) is 0 Å². The molecule has 0 aliphatic carbocycles. The third kappa shape index (κ3) is 4.82. The lowest BCUT2D eigenvalue weighted by Crippen LogP contribution is -2.54. The first-order chi connectivity index (χ1) is 16.3. The second-order valence-electron chi connectivity index (χ2n) is 7.26. The average molecular weight is 477 g/mol. The molecule has 1 saturated heterocycles. The molecule has 3 aromatic rings. The van der Waals surface area contributed by atoms with Crippen LogP contribution in [-0.4, -0.2) is 28.9 Å². The molecule has 9 heteroatoms. The van der Waals surface area contributed by atoms with Crippen LogP contribution in [0.15, 0.2) is 78.4 Å². The smallest absolute Gasteiger partial charge is 0.335 e. The van der Waals surface area contributed by atoms with Crippen LogP contribution in [0.25, 0.3) is 6.08 Å². The number of carboxylic acid groups (broad SMARTS) is 1. The van der Waals surface area contributed by atoms with Crippen molar-refractivity contribution in [1.82, 2.24) is 5.32 Å². The average Bonchev–Trinajstić information content (AvgIpc) is 2.82. The highest BCUT2D eigenvalue weighted by Crippen LogP contribution is 2.25. The normalized spacial score (nSPS) is 14.8. The number of carbonyl (C=O) groups is 4. The maximum Gasteiger partial charge on any atom is 0.335 e. The Morgan fingerprint density at radius 3 is 2.29 bits per heavy atom. The Bertz CT molecular complexity index is 1320. The number of nitrogens with one attached hydrogen (secondary N) is 1. The van der Waals surface area contributed by atoms with Crippen molar-refractivity contribution >= 4 is 47.2 Å². The molecule has 4 amide bonds. The van der Waals surface area contributed by atoms with Gasteiger partial charge in [0.15, 0.2) is 0 Å². The Hall–Kier alpha value is -4.43. The van der Waals surface area contributed by atoms with Gasteiger partial charge in [0.1, 0.15) is 17.9 Å². The molecule has 0 saturated carbocycles. The second-order valence-corrected chi connectivity index (χ2v) is 7.67. The van der Waals surface area contributed by atoms with Crippen molar-refractivity contribution in [3.63, 3.8) is 0 Å². The van der Waals surface area contributed by atoms with Crippen molar-refractivity contribution in [1.29, 1.82) is 0 Å². The lowest BCUT2D eigenvalue weighted by atomic mass is 10.1. The Labute approximate surface area is 199 Å². The van der Waals surface area contributed by atoms with Gasteiger partial charge in [-0.1, -0.05) is 41.9 Å². The number of halogens is 1. The zero-order valence-corrected chi connectivity index (χ0v) is 18.3. The number of hydrogen-bond donors (Lipinski definition) is 2. The van der Waals surface area contributed by atoms with Gasteiger partial charge in [0, 0.05) is 10.6 Å². The van der Waals surface area contributed by atoms with E-state index in [0.717, 1.165) is 10.5 Å². The fourth-order valence-corrected chi connectivity index (χ4v) is 3.44. The van der Waals surface area contributed by atoms with Crippen molar-refractivity contribution in [3.8, 4) is 5.75 Å². The van der Waals surface area contributed by atoms with E-state index in [1.54, 1.807) is 18.2 Å². The highest BCUT2D eigenvalue weighted by molar-refractivity contribution is 6.39. The molecule has 8 nitrogen and oxygen atoms in total. The van der Waals surface area contributed by atoms with E-state index in [-0.39, 0.29) is 23.4 Å². The molecule has 1 aliphatic rings. The van der Waals surface area contributed by atoms with Crippen LogP contribution in [0.1, 0.15) is 21.5 Å². The number of aromatic carboxylic acids is 1. The first-order valence-electron chi connectivity index (χ1n) is 10.0. The van der Waals surface area contributed by atoms with Crippen LogP contribution in [0.2, 0.25) is 5.02 Å². The maximum atomic E-state index is 13.0. The number of benzene rings is 3. The summed E-state index contributed by atoms with van der Waals surface area (Å²) in [5, 5.41) is 11.7. The van der Waals surface area contributed by atoms with Crippen LogP contribution in [-0.2, 0) is 16.2 Å². The first-order valence-corrected chi connectivity index (χ1v) is 10.4. The number of amides is 4. The molecular weight excluding hydrogens is 460 g/mol. The molecule has 170 valence electrons. The number of nitrogens with zero attached hydrogens (tertiary/aromatic N) is 1. The minimum absolute atomic E-state index is 0.0650. The SMILES string of the molecule is O=C1NC(=O)N(c2ccc(OCc3ccccc3Cl)cc2)C(=O)C1=Cc1ccc(C(=O)O)cc1. The van der Waals surface area contributed by atoms with E-state index < -0.39 is 23.8 Å². The molecule has 1 aliphatic heterocycles. The summed E-state index contributed by atoms with van der Waals surface area (Å²) in [5.41, 5.74) is 1.29. The van der Waals surface area contributed by atoms with Crippen LogP contribution < -0.4 is 15.0 Å². The molecule has 3 aromatic carbocycles. The topological polar surface area (TPSA) is 113 Å². The van der Waals surface area contributed by atoms with Gasteiger partial charge in [-0.15, -0.1) is 0 Å². The molecule has 4 rings (SSSR count). The number of rotatable bonds is 6. The quantitative estimate of drug-likeness (QED) is 0.405. The van der Waals surface area contributed by atoms with Gasteiger partial charge in [0.25, 0.3) is 11.8 Å². The van der Waals surface area contributed by atoms with Crippen LogP contribution in [0.3, 0.4) is 0 Å². The predicted molar refractivity (Wildman–Crippen MR) is 125 cm³/mol.